The minimum Gasteiger partial charge on any atom is -0.267 e. The molecule has 2 aromatic heterocycles. The van der Waals surface area contributed by atoms with Crippen molar-refractivity contribution in [2.24, 2.45) is 0 Å². The molecular weight excluding hydrogens is 216 g/mol. The highest BCUT2D eigenvalue weighted by atomic mass is 16.1. The number of H-pyrrole nitrogens is 1. The molecule has 0 aliphatic carbocycles. The van der Waals surface area contributed by atoms with Crippen molar-refractivity contribution < 1.29 is 0 Å². The molecule has 2 heterocycles. The van der Waals surface area contributed by atoms with Gasteiger partial charge >= 0.3 is 0 Å². The molecule has 0 fully saturated rings. The van der Waals surface area contributed by atoms with Gasteiger partial charge in [-0.05, 0) is 6.07 Å². The average Bonchev–Trinajstić information content (AvgIpc) is 2.40. The Morgan fingerprint density at radius 1 is 1.06 bits per heavy atom. The van der Waals surface area contributed by atoms with E-state index in [4.69, 9.17) is 0 Å². The number of hydrogen-bond donors (Lipinski definition) is 1. The summed E-state index contributed by atoms with van der Waals surface area (Å²) in [6, 6.07) is 11.2. The van der Waals surface area contributed by atoms with E-state index in [-0.39, 0.29) is 5.56 Å². The van der Waals surface area contributed by atoms with Crippen LogP contribution in [-0.2, 0) is 0 Å². The smallest absolute Gasteiger partial charge is 0.267 e. The summed E-state index contributed by atoms with van der Waals surface area (Å²) in [6.07, 6.45) is 1.60. The second-order valence-electron chi connectivity index (χ2n) is 3.56. The van der Waals surface area contributed by atoms with Crippen molar-refractivity contribution in [3.05, 3.63) is 52.9 Å². The van der Waals surface area contributed by atoms with Crippen molar-refractivity contribution in [1.29, 1.82) is 0 Å². The van der Waals surface area contributed by atoms with Crippen molar-refractivity contribution in [2.45, 2.75) is 0 Å². The second-order valence-corrected chi connectivity index (χ2v) is 3.56. The topological polar surface area (TPSA) is 71.5 Å². The lowest BCUT2D eigenvalue weighted by atomic mass is 10.1. The fourth-order valence-electron chi connectivity index (χ4n) is 1.73. The molecule has 0 aliphatic heterocycles. The van der Waals surface area contributed by atoms with Crippen LogP contribution in [0.3, 0.4) is 0 Å². The number of hydrogen-bond acceptors (Lipinski definition) is 4. The molecule has 1 N–H and O–H groups in total. The van der Waals surface area contributed by atoms with Crippen LogP contribution in [0.25, 0.3) is 22.2 Å². The fraction of sp³-hybridized carbons (Fsp3) is 0. The maximum atomic E-state index is 11.6. The van der Waals surface area contributed by atoms with Gasteiger partial charge in [-0.1, -0.05) is 35.5 Å². The molecule has 17 heavy (non-hydrogen) atoms. The van der Waals surface area contributed by atoms with Gasteiger partial charge in [0.2, 0.25) is 0 Å². The summed E-state index contributed by atoms with van der Waals surface area (Å²) < 4.78 is 0. The lowest BCUT2D eigenvalue weighted by molar-refractivity contribution is 0.871. The third kappa shape index (κ3) is 1.57. The van der Waals surface area contributed by atoms with Crippen LogP contribution in [0.4, 0.5) is 0 Å². The van der Waals surface area contributed by atoms with Gasteiger partial charge < -0.3 is 0 Å². The van der Waals surface area contributed by atoms with Crippen LogP contribution in [0, 0.1) is 0 Å². The number of aromatic amines is 1. The quantitative estimate of drug-likeness (QED) is 0.677. The molecule has 0 radical (unpaired) electrons. The number of pyridine rings is 1. The molecule has 82 valence electrons. The number of fused-ring (bicyclic) bond motifs is 1. The number of nitrogens with zero attached hydrogens (tertiary/aromatic N) is 3. The zero-order chi connectivity index (χ0) is 11.7. The number of rotatable bonds is 1. The van der Waals surface area contributed by atoms with Gasteiger partial charge in [0.05, 0.1) is 11.1 Å². The van der Waals surface area contributed by atoms with Crippen molar-refractivity contribution in [1.82, 2.24) is 20.4 Å². The molecule has 0 spiro atoms. The predicted octanol–water partition coefficient (Wildman–Crippen LogP) is 1.38. The van der Waals surface area contributed by atoms with Gasteiger partial charge in [0.25, 0.3) is 5.56 Å². The van der Waals surface area contributed by atoms with Crippen molar-refractivity contribution >= 4 is 10.9 Å². The highest BCUT2D eigenvalue weighted by molar-refractivity contribution is 5.89. The number of benzene rings is 1. The molecule has 0 bridgehead atoms. The first kappa shape index (κ1) is 9.65. The Bertz CT molecular complexity index is 721. The van der Waals surface area contributed by atoms with E-state index >= 15 is 0 Å². The molecule has 5 heteroatoms. The van der Waals surface area contributed by atoms with Gasteiger partial charge in [0.1, 0.15) is 5.52 Å². The second kappa shape index (κ2) is 3.79. The SMILES string of the molecule is O=c1[nH]nnc2c(-c3ccccc3)nccc12. The molecule has 0 saturated carbocycles. The minimum absolute atomic E-state index is 0.255. The molecule has 0 unspecified atom stereocenters. The van der Waals surface area contributed by atoms with Crippen LogP contribution >= 0.6 is 0 Å². The Morgan fingerprint density at radius 2 is 1.88 bits per heavy atom. The summed E-state index contributed by atoms with van der Waals surface area (Å²) in [5, 5.41) is 10.3. The first-order valence-electron chi connectivity index (χ1n) is 5.12. The molecule has 5 nitrogen and oxygen atoms in total. The Balaban J connectivity index is 2.39. The van der Waals surface area contributed by atoms with E-state index in [9.17, 15) is 4.79 Å². The summed E-state index contributed by atoms with van der Waals surface area (Å²) in [7, 11) is 0. The van der Waals surface area contributed by atoms with Gasteiger partial charge in [-0.25, -0.2) is 5.10 Å². The van der Waals surface area contributed by atoms with Crippen molar-refractivity contribution in [3.8, 4) is 11.3 Å². The van der Waals surface area contributed by atoms with E-state index in [0.29, 0.717) is 16.6 Å². The summed E-state index contributed by atoms with van der Waals surface area (Å²) in [6.45, 7) is 0. The largest absolute Gasteiger partial charge is 0.275 e. The van der Waals surface area contributed by atoms with E-state index < -0.39 is 0 Å². The third-order valence-corrected chi connectivity index (χ3v) is 2.52. The van der Waals surface area contributed by atoms with Gasteiger partial charge in [-0.3, -0.25) is 9.78 Å². The van der Waals surface area contributed by atoms with Crippen molar-refractivity contribution in [2.75, 3.05) is 0 Å². The summed E-state index contributed by atoms with van der Waals surface area (Å²) in [4.78, 5) is 15.8. The van der Waals surface area contributed by atoms with E-state index in [1.54, 1.807) is 12.3 Å². The Kier molecular flexibility index (Phi) is 2.15. The number of aromatic nitrogens is 4. The Labute approximate surface area is 96.1 Å². The Morgan fingerprint density at radius 3 is 2.71 bits per heavy atom. The van der Waals surface area contributed by atoms with Gasteiger partial charge in [-0.15, -0.1) is 5.10 Å². The van der Waals surface area contributed by atoms with Gasteiger partial charge in [0.15, 0.2) is 0 Å². The molecule has 1 aromatic carbocycles. The standard InChI is InChI=1S/C12H8N4O/c17-12-9-6-7-13-10(11(9)14-16-15-12)8-4-2-1-3-5-8/h1-7H,(H,14,15,17). The average molecular weight is 224 g/mol. The van der Waals surface area contributed by atoms with E-state index in [0.717, 1.165) is 5.56 Å². The van der Waals surface area contributed by atoms with Crippen LogP contribution in [0.2, 0.25) is 0 Å². The molecule has 0 saturated heterocycles. The van der Waals surface area contributed by atoms with Crippen LogP contribution in [0.5, 0.6) is 0 Å². The van der Waals surface area contributed by atoms with Crippen LogP contribution < -0.4 is 5.56 Å². The first-order chi connectivity index (χ1) is 8.36. The van der Waals surface area contributed by atoms with E-state index in [1.165, 1.54) is 0 Å². The lowest BCUT2D eigenvalue weighted by Gasteiger charge is -2.02. The molecular formula is C12H8N4O. The summed E-state index contributed by atoms with van der Waals surface area (Å²) in [5.74, 6) is 0. The van der Waals surface area contributed by atoms with Crippen LogP contribution in [-0.4, -0.2) is 20.4 Å². The van der Waals surface area contributed by atoms with Gasteiger partial charge in [-0.2, -0.15) is 0 Å². The molecule has 0 aliphatic rings. The normalized spacial score (nSPS) is 10.6. The van der Waals surface area contributed by atoms with Gasteiger partial charge in [0, 0.05) is 11.8 Å². The Hall–Kier alpha value is -2.56. The zero-order valence-electron chi connectivity index (χ0n) is 8.79. The highest BCUT2D eigenvalue weighted by Crippen LogP contribution is 2.21. The van der Waals surface area contributed by atoms with Crippen LogP contribution in [0.15, 0.2) is 47.4 Å². The molecule has 3 aromatic rings. The minimum atomic E-state index is -0.255. The third-order valence-electron chi connectivity index (χ3n) is 2.52. The predicted molar refractivity (Wildman–Crippen MR) is 63.4 cm³/mol. The van der Waals surface area contributed by atoms with E-state index in [1.807, 2.05) is 30.3 Å². The van der Waals surface area contributed by atoms with E-state index in [2.05, 4.69) is 20.4 Å². The maximum absolute atomic E-state index is 11.6. The zero-order valence-corrected chi connectivity index (χ0v) is 8.79. The number of nitrogens with one attached hydrogen (secondary N) is 1. The molecule has 0 amide bonds. The first-order valence-corrected chi connectivity index (χ1v) is 5.12. The monoisotopic (exact) mass is 224 g/mol. The fourth-order valence-corrected chi connectivity index (χ4v) is 1.73. The summed E-state index contributed by atoms with van der Waals surface area (Å²) >= 11 is 0. The lowest BCUT2D eigenvalue weighted by Crippen LogP contribution is -2.10. The van der Waals surface area contributed by atoms with Crippen LogP contribution in [0.1, 0.15) is 0 Å². The molecule has 0 atom stereocenters. The van der Waals surface area contributed by atoms with Crippen molar-refractivity contribution in [3.63, 3.8) is 0 Å². The highest BCUT2D eigenvalue weighted by Gasteiger charge is 2.08. The maximum Gasteiger partial charge on any atom is 0.275 e. The summed E-state index contributed by atoms with van der Waals surface area (Å²) in [5.41, 5.74) is 1.84. The molecule has 3 rings (SSSR count).